The molecule has 1 aliphatic heterocycles. The second-order valence-corrected chi connectivity index (χ2v) is 5.73. The minimum Gasteiger partial charge on any atom is -0.481 e. The van der Waals surface area contributed by atoms with E-state index in [4.69, 9.17) is 5.11 Å². The lowest BCUT2D eigenvalue weighted by atomic mass is 10.0. The van der Waals surface area contributed by atoms with Gasteiger partial charge in [-0.1, -0.05) is 6.92 Å². The summed E-state index contributed by atoms with van der Waals surface area (Å²) in [5.41, 5.74) is 0.683. The number of nitrogens with zero attached hydrogens (tertiary/aromatic N) is 2. The summed E-state index contributed by atoms with van der Waals surface area (Å²) in [6.45, 7) is 5.42. The van der Waals surface area contributed by atoms with Gasteiger partial charge in [0.05, 0.1) is 18.7 Å². The molecule has 1 aromatic rings. The van der Waals surface area contributed by atoms with E-state index in [-0.39, 0.29) is 6.42 Å². The third-order valence-corrected chi connectivity index (χ3v) is 3.91. The zero-order chi connectivity index (χ0) is 12.3. The van der Waals surface area contributed by atoms with E-state index < -0.39 is 5.97 Å². The summed E-state index contributed by atoms with van der Waals surface area (Å²) in [6.07, 6.45) is 2.61. The molecule has 0 spiro atoms. The van der Waals surface area contributed by atoms with Crippen LogP contribution in [0, 0.1) is 5.92 Å². The van der Waals surface area contributed by atoms with Gasteiger partial charge < -0.3 is 5.11 Å². The molecule has 17 heavy (non-hydrogen) atoms. The van der Waals surface area contributed by atoms with Crippen LogP contribution in [0.2, 0.25) is 0 Å². The van der Waals surface area contributed by atoms with Crippen molar-refractivity contribution in [3.63, 3.8) is 0 Å². The zero-order valence-electron chi connectivity index (χ0n) is 10.1. The Morgan fingerprint density at radius 3 is 3.24 bits per heavy atom. The number of carbonyl (C=O) groups is 1. The van der Waals surface area contributed by atoms with Crippen molar-refractivity contribution in [1.82, 2.24) is 9.88 Å². The monoisotopic (exact) mass is 254 g/mol. The molecular weight excluding hydrogens is 236 g/mol. The highest BCUT2D eigenvalue weighted by Crippen LogP contribution is 2.19. The lowest BCUT2D eigenvalue weighted by Gasteiger charge is -2.29. The van der Waals surface area contributed by atoms with Crippen LogP contribution in [0.15, 0.2) is 5.38 Å². The van der Waals surface area contributed by atoms with E-state index in [1.807, 2.05) is 5.38 Å². The fourth-order valence-corrected chi connectivity index (χ4v) is 3.11. The van der Waals surface area contributed by atoms with Crippen LogP contribution < -0.4 is 0 Å². The van der Waals surface area contributed by atoms with Gasteiger partial charge in [0.15, 0.2) is 0 Å². The molecule has 1 atom stereocenters. The number of hydrogen-bond acceptors (Lipinski definition) is 4. The van der Waals surface area contributed by atoms with Crippen molar-refractivity contribution in [3.8, 4) is 0 Å². The highest BCUT2D eigenvalue weighted by atomic mass is 32.1. The second kappa shape index (κ2) is 5.60. The number of likely N-dealkylation sites (tertiary alicyclic amines) is 1. The summed E-state index contributed by atoms with van der Waals surface area (Å²) >= 11 is 1.57. The first-order chi connectivity index (χ1) is 8.13. The fourth-order valence-electron chi connectivity index (χ4n) is 2.28. The molecule has 0 aromatic carbocycles. The van der Waals surface area contributed by atoms with E-state index in [9.17, 15) is 4.79 Å². The lowest BCUT2D eigenvalue weighted by molar-refractivity contribution is -0.136. The van der Waals surface area contributed by atoms with Gasteiger partial charge in [-0.2, -0.15) is 0 Å². The van der Waals surface area contributed by atoms with E-state index >= 15 is 0 Å². The van der Waals surface area contributed by atoms with Gasteiger partial charge in [-0.3, -0.25) is 9.69 Å². The molecule has 4 nitrogen and oxygen atoms in total. The Morgan fingerprint density at radius 1 is 1.71 bits per heavy atom. The fraction of sp³-hybridized carbons (Fsp3) is 0.667. The number of hydrogen-bond donors (Lipinski definition) is 1. The van der Waals surface area contributed by atoms with Crippen LogP contribution in [-0.4, -0.2) is 34.0 Å². The molecule has 2 heterocycles. The Balaban J connectivity index is 1.89. The minimum atomic E-state index is -0.812. The van der Waals surface area contributed by atoms with Gasteiger partial charge in [-0.15, -0.1) is 11.3 Å². The predicted octanol–water partition coefficient (Wildman–Crippen LogP) is 2.00. The van der Waals surface area contributed by atoms with E-state index in [2.05, 4.69) is 16.8 Å². The number of carboxylic acids is 1. The van der Waals surface area contributed by atoms with Crippen LogP contribution in [0.25, 0.3) is 0 Å². The molecule has 1 unspecified atom stereocenters. The third kappa shape index (κ3) is 3.78. The van der Waals surface area contributed by atoms with Gasteiger partial charge in [0, 0.05) is 11.9 Å². The Morgan fingerprint density at radius 2 is 2.53 bits per heavy atom. The zero-order valence-corrected chi connectivity index (χ0v) is 10.9. The second-order valence-electron chi connectivity index (χ2n) is 4.79. The van der Waals surface area contributed by atoms with Gasteiger partial charge >= 0.3 is 5.97 Å². The van der Waals surface area contributed by atoms with Crippen LogP contribution in [0.4, 0.5) is 0 Å². The molecule has 0 amide bonds. The van der Waals surface area contributed by atoms with Crippen LogP contribution in [0.3, 0.4) is 0 Å². The first-order valence-electron chi connectivity index (χ1n) is 6.01. The largest absolute Gasteiger partial charge is 0.481 e. The number of aliphatic carboxylic acids is 1. The SMILES string of the molecule is CC1CCCN(Cc2nc(CC(=O)O)cs2)C1. The summed E-state index contributed by atoms with van der Waals surface area (Å²) in [4.78, 5) is 17.3. The first-order valence-corrected chi connectivity index (χ1v) is 6.89. The summed E-state index contributed by atoms with van der Waals surface area (Å²) in [5, 5.41) is 11.6. The predicted molar refractivity (Wildman–Crippen MR) is 67.1 cm³/mol. The highest BCUT2D eigenvalue weighted by molar-refractivity contribution is 7.09. The number of thiazole rings is 1. The van der Waals surface area contributed by atoms with Gasteiger partial charge in [0.2, 0.25) is 0 Å². The van der Waals surface area contributed by atoms with Crippen molar-refractivity contribution in [2.75, 3.05) is 13.1 Å². The molecule has 94 valence electrons. The Labute approximate surface area is 105 Å². The van der Waals surface area contributed by atoms with Crippen LogP contribution in [0.5, 0.6) is 0 Å². The highest BCUT2D eigenvalue weighted by Gasteiger charge is 2.17. The number of piperidine rings is 1. The molecule has 5 heteroatoms. The minimum absolute atomic E-state index is 0.0346. The third-order valence-electron chi connectivity index (χ3n) is 3.03. The standard InChI is InChI=1S/C12H18N2O2S/c1-9-3-2-4-14(6-9)7-11-13-10(8-17-11)5-12(15)16/h8-9H,2-7H2,1H3,(H,15,16). The Hall–Kier alpha value is -0.940. The molecular formula is C12H18N2O2S. The molecule has 1 aliphatic rings. The van der Waals surface area contributed by atoms with E-state index in [0.717, 1.165) is 30.6 Å². The van der Waals surface area contributed by atoms with E-state index in [1.165, 1.54) is 12.8 Å². The average molecular weight is 254 g/mol. The smallest absolute Gasteiger partial charge is 0.309 e. The van der Waals surface area contributed by atoms with Crippen molar-refractivity contribution in [3.05, 3.63) is 16.1 Å². The molecule has 2 rings (SSSR count). The Kier molecular flexibility index (Phi) is 4.12. The number of carboxylic acid groups (broad SMARTS) is 1. The molecule has 1 aromatic heterocycles. The normalized spacial score (nSPS) is 21.6. The first kappa shape index (κ1) is 12.5. The number of aromatic nitrogens is 1. The summed E-state index contributed by atoms with van der Waals surface area (Å²) in [7, 11) is 0. The van der Waals surface area contributed by atoms with Gasteiger partial charge in [-0.05, 0) is 25.3 Å². The quantitative estimate of drug-likeness (QED) is 0.893. The Bertz CT molecular complexity index is 392. The van der Waals surface area contributed by atoms with E-state index in [1.54, 1.807) is 11.3 Å². The van der Waals surface area contributed by atoms with E-state index in [0.29, 0.717) is 5.69 Å². The van der Waals surface area contributed by atoms with Crippen molar-refractivity contribution < 1.29 is 9.90 Å². The molecule has 1 N–H and O–H groups in total. The maximum Gasteiger partial charge on any atom is 0.309 e. The maximum absolute atomic E-state index is 10.6. The van der Waals surface area contributed by atoms with Crippen molar-refractivity contribution >= 4 is 17.3 Å². The van der Waals surface area contributed by atoms with Crippen molar-refractivity contribution in [1.29, 1.82) is 0 Å². The molecule has 0 bridgehead atoms. The summed E-state index contributed by atoms with van der Waals surface area (Å²) in [6, 6.07) is 0. The molecule has 0 saturated carbocycles. The van der Waals surface area contributed by atoms with Gasteiger partial charge in [0.25, 0.3) is 0 Å². The van der Waals surface area contributed by atoms with Crippen molar-refractivity contribution in [2.24, 2.45) is 5.92 Å². The van der Waals surface area contributed by atoms with Crippen LogP contribution in [0.1, 0.15) is 30.5 Å². The van der Waals surface area contributed by atoms with Gasteiger partial charge in [-0.25, -0.2) is 4.98 Å². The summed E-state index contributed by atoms with van der Waals surface area (Å²) < 4.78 is 0. The topological polar surface area (TPSA) is 53.4 Å². The molecule has 1 fully saturated rings. The maximum atomic E-state index is 10.6. The molecule has 0 aliphatic carbocycles. The number of rotatable bonds is 4. The molecule has 0 radical (unpaired) electrons. The lowest BCUT2D eigenvalue weighted by Crippen LogP contribution is -2.33. The molecule has 1 saturated heterocycles. The van der Waals surface area contributed by atoms with Crippen LogP contribution >= 0.6 is 11.3 Å². The average Bonchev–Trinajstić information content (AvgIpc) is 2.64. The summed E-state index contributed by atoms with van der Waals surface area (Å²) in [5.74, 6) is -0.0457. The van der Waals surface area contributed by atoms with Crippen LogP contribution in [-0.2, 0) is 17.8 Å². The van der Waals surface area contributed by atoms with Crippen molar-refractivity contribution in [2.45, 2.75) is 32.7 Å². The van der Waals surface area contributed by atoms with Gasteiger partial charge in [0.1, 0.15) is 5.01 Å².